The number of rotatable bonds is 3. The Morgan fingerprint density at radius 1 is 1.29 bits per heavy atom. The Hall–Kier alpha value is -1.28. The molecular formula is C15H11BrINO3. The van der Waals surface area contributed by atoms with Gasteiger partial charge in [-0.05, 0) is 62.8 Å². The van der Waals surface area contributed by atoms with Gasteiger partial charge in [0.1, 0.15) is 0 Å². The van der Waals surface area contributed by atoms with Crippen molar-refractivity contribution in [3.8, 4) is 11.5 Å². The summed E-state index contributed by atoms with van der Waals surface area (Å²) >= 11 is 5.58. The van der Waals surface area contributed by atoms with Gasteiger partial charge < -0.3 is 14.8 Å². The maximum Gasteiger partial charge on any atom is 0.252 e. The van der Waals surface area contributed by atoms with Crippen LogP contribution in [0.25, 0.3) is 0 Å². The lowest BCUT2D eigenvalue weighted by Crippen LogP contribution is -2.23. The number of fused-ring (bicyclic) bond motifs is 1. The van der Waals surface area contributed by atoms with Crippen LogP contribution in [0, 0.1) is 3.57 Å². The van der Waals surface area contributed by atoms with E-state index in [4.69, 9.17) is 9.47 Å². The molecule has 6 heteroatoms. The predicted molar refractivity (Wildman–Crippen MR) is 90.6 cm³/mol. The SMILES string of the molecule is O=C(NCc1cccc2c1OCO2)c1cc(I)ccc1Br. The summed E-state index contributed by atoms with van der Waals surface area (Å²) in [4.78, 5) is 12.3. The molecule has 0 aliphatic carbocycles. The quantitative estimate of drug-likeness (QED) is 0.712. The van der Waals surface area contributed by atoms with E-state index in [1.54, 1.807) is 0 Å². The number of hydrogen-bond acceptors (Lipinski definition) is 3. The second-order valence-corrected chi connectivity index (χ2v) is 6.56. The highest BCUT2D eigenvalue weighted by molar-refractivity contribution is 14.1. The molecule has 0 bridgehead atoms. The molecule has 1 aliphatic rings. The van der Waals surface area contributed by atoms with E-state index in [0.29, 0.717) is 17.9 Å². The third-order valence-corrected chi connectivity index (χ3v) is 4.45. The molecule has 4 nitrogen and oxygen atoms in total. The first-order chi connectivity index (χ1) is 10.1. The molecule has 0 spiro atoms. The number of hydrogen-bond donors (Lipinski definition) is 1. The number of carbonyl (C=O) groups excluding carboxylic acids is 1. The first-order valence-electron chi connectivity index (χ1n) is 6.26. The van der Waals surface area contributed by atoms with E-state index in [1.165, 1.54) is 0 Å². The number of amides is 1. The zero-order valence-corrected chi connectivity index (χ0v) is 14.6. The standard InChI is InChI=1S/C15H11BrINO3/c16-12-5-4-10(17)6-11(12)15(19)18-7-9-2-1-3-13-14(9)21-8-20-13/h1-6H,7-8H2,(H,18,19). The summed E-state index contributed by atoms with van der Waals surface area (Å²) in [5, 5.41) is 2.91. The lowest BCUT2D eigenvalue weighted by molar-refractivity contribution is 0.0950. The van der Waals surface area contributed by atoms with Gasteiger partial charge in [-0.3, -0.25) is 4.79 Å². The maximum atomic E-state index is 12.3. The smallest absolute Gasteiger partial charge is 0.252 e. The van der Waals surface area contributed by atoms with Gasteiger partial charge in [-0.15, -0.1) is 0 Å². The first kappa shape index (κ1) is 14.6. The van der Waals surface area contributed by atoms with E-state index in [1.807, 2.05) is 36.4 Å². The number of carbonyl (C=O) groups is 1. The molecule has 1 heterocycles. The summed E-state index contributed by atoms with van der Waals surface area (Å²) in [5.74, 6) is 1.30. The molecule has 3 rings (SSSR count). The largest absolute Gasteiger partial charge is 0.454 e. The van der Waals surface area contributed by atoms with Crippen molar-refractivity contribution in [1.29, 1.82) is 0 Å². The zero-order valence-electron chi connectivity index (χ0n) is 10.9. The average Bonchev–Trinajstić information content (AvgIpc) is 2.96. The van der Waals surface area contributed by atoms with Crippen LogP contribution in [0.1, 0.15) is 15.9 Å². The van der Waals surface area contributed by atoms with Crippen molar-refractivity contribution in [2.24, 2.45) is 0 Å². The van der Waals surface area contributed by atoms with Gasteiger partial charge in [-0.25, -0.2) is 0 Å². The van der Waals surface area contributed by atoms with Crippen molar-refractivity contribution < 1.29 is 14.3 Å². The van der Waals surface area contributed by atoms with Gasteiger partial charge in [0.2, 0.25) is 6.79 Å². The molecule has 0 aromatic heterocycles. The minimum atomic E-state index is -0.128. The highest BCUT2D eigenvalue weighted by atomic mass is 127. The van der Waals surface area contributed by atoms with Crippen LogP contribution in [0.3, 0.4) is 0 Å². The summed E-state index contributed by atoms with van der Waals surface area (Å²) in [6, 6.07) is 11.3. The third kappa shape index (κ3) is 3.16. The van der Waals surface area contributed by atoms with Crippen LogP contribution < -0.4 is 14.8 Å². The third-order valence-electron chi connectivity index (χ3n) is 3.09. The minimum Gasteiger partial charge on any atom is -0.454 e. The van der Waals surface area contributed by atoms with Crippen molar-refractivity contribution in [3.63, 3.8) is 0 Å². The van der Waals surface area contributed by atoms with E-state index in [0.717, 1.165) is 19.4 Å². The van der Waals surface area contributed by atoms with Crippen LogP contribution in [0.2, 0.25) is 0 Å². The van der Waals surface area contributed by atoms with Crippen LogP contribution >= 0.6 is 38.5 Å². The van der Waals surface area contributed by atoms with Crippen molar-refractivity contribution >= 4 is 44.4 Å². The molecule has 1 aliphatic heterocycles. The molecule has 0 atom stereocenters. The van der Waals surface area contributed by atoms with E-state index in [2.05, 4.69) is 43.8 Å². The fourth-order valence-electron chi connectivity index (χ4n) is 2.07. The Bertz CT molecular complexity index is 705. The van der Waals surface area contributed by atoms with Crippen LogP contribution in [0.4, 0.5) is 0 Å². The van der Waals surface area contributed by atoms with E-state index in [-0.39, 0.29) is 12.7 Å². The molecule has 0 saturated carbocycles. The maximum absolute atomic E-state index is 12.3. The number of ether oxygens (including phenoxy) is 2. The van der Waals surface area contributed by atoms with Crippen molar-refractivity contribution in [2.75, 3.05) is 6.79 Å². The summed E-state index contributed by atoms with van der Waals surface area (Å²) in [6.45, 7) is 0.617. The van der Waals surface area contributed by atoms with Crippen molar-refractivity contribution in [2.45, 2.75) is 6.54 Å². The lowest BCUT2D eigenvalue weighted by Gasteiger charge is -2.09. The number of nitrogens with one attached hydrogen (secondary N) is 1. The summed E-state index contributed by atoms with van der Waals surface area (Å²) in [7, 11) is 0. The summed E-state index contributed by atoms with van der Waals surface area (Å²) < 4.78 is 12.5. The van der Waals surface area contributed by atoms with Crippen LogP contribution in [-0.2, 0) is 6.54 Å². The second-order valence-electron chi connectivity index (χ2n) is 4.46. The van der Waals surface area contributed by atoms with Gasteiger partial charge >= 0.3 is 0 Å². The van der Waals surface area contributed by atoms with Crippen LogP contribution in [-0.4, -0.2) is 12.7 Å². The molecule has 108 valence electrons. The van der Waals surface area contributed by atoms with Crippen LogP contribution in [0.15, 0.2) is 40.9 Å². The van der Waals surface area contributed by atoms with E-state index in [9.17, 15) is 4.79 Å². The Balaban J connectivity index is 1.75. The highest BCUT2D eigenvalue weighted by Gasteiger charge is 2.18. The normalized spacial score (nSPS) is 12.3. The van der Waals surface area contributed by atoms with Crippen LogP contribution in [0.5, 0.6) is 11.5 Å². The second kappa shape index (κ2) is 6.23. The predicted octanol–water partition coefficient (Wildman–Crippen LogP) is 3.71. The number of para-hydroxylation sites is 1. The van der Waals surface area contributed by atoms with Gasteiger partial charge in [0.05, 0.1) is 5.56 Å². The minimum absolute atomic E-state index is 0.128. The lowest BCUT2D eigenvalue weighted by atomic mass is 10.1. The summed E-state index contributed by atoms with van der Waals surface area (Å²) in [6.07, 6.45) is 0. The molecule has 2 aromatic rings. The Morgan fingerprint density at radius 2 is 2.14 bits per heavy atom. The summed E-state index contributed by atoms with van der Waals surface area (Å²) in [5.41, 5.74) is 1.52. The Kier molecular flexibility index (Phi) is 4.34. The monoisotopic (exact) mass is 459 g/mol. The topological polar surface area (TPSA) is 47.6 Å². The number of halogens is 2. The Morgan fingerprint density at radius 3 is 3.00 bits per heavy atom. The molecule has 2 aromatic carbocycles. The molecule has 1 N–H and O–H groups in total. The fraction of sp³-hybridized carbons (Fsp3) is 0.133. The molecular weight excluding hydrogens is 449 g/mol. The Labute approximate surface area is 144 Å². The van der Waals surface area contributed by atoms with Crippen molar-refractivity contribution in [1.82, 2.24) is 5.32 Å². The number of benzene rings is 2. The van der Waals surface area contributed by atoms with Gasteiger partial charge in [0, 0.05) is 20.2 Å². The fourth-order valence-corrected chi connectivity index (χ4v) is 2.99. The average molecular weight is 460 g/mol. The van der Waals surface area contributed by atoms with Gasteiger partial charge in [-0.2, -0.15) is 0 Å². The molecule has 21 heavy (non-hydrogen) atoms. The molecule has 1 amide bonds. The first-order valence-corrected chi connectivity index (χ1v) is 8.13. The van der Waals surface area contributed by atoms with Gasteiger partial charge in [0.15, 0.2) is 11.5 Å². The zero-order chi connectivity index (χ0) is 14.8. The van der Waals surface area contributed by atoms with Gasteiger partial charge in [-0.1, -0.05) is 12.1 Å². The van der Waals surface area contributed by atoms with E-state index >= 15 is 0 Å². The molecule has 0 unspecified atom stereocenters. The molecule has 0 radical (unpaired) electrons. The van der Waals surface area contributed by atoms with E-state index < -0.39 is 0 Å². The molecule has 0 fully saturated rings. The highest BCUT2D eigenvalue weighted by Crippen LogP contribution is 2.35. The molecule has 0 saturated heterocycles. The van der Waals surface area contributed by atoms with Gasteiger partial charge in [0.25, 0.3) is 5.91 Å². The van der Waals surface area contributed by atoms with Crippen molar-refractivity contribution in [3.05, 3.63) is 55.6 Å².